The third kappa shape index (κ3) is 4.06. The van der Waals surface area contributed by atoms with E-state index in [0.29, 0.717) is 23.4 Å². The van der Waals surface area contributed by atoms with Crippen LogP contribution in [0, 0.1) is 12.7 Å². The Bertz CT molecular complexity index is 1360. The second-order valence-electron chi connectivity index (χ2n) is 8.58. The molecule has 5 rings (SSSR count). The number of anilines is 1. The molecule has 2 heterocycles. The number of aryl methyl sites for hydroxylation is 2. The number of hydrogen-bond donors (Lipinski definition) is 3. The van der Waals surface area contributed by atoms with E-state index in [1.54, 1.807) is 12.1 Å². The van der Waals surface area contributed by atoms with Crippen LogP contribution in [0.25, 0.3) is 22.3 Å². The van der Waals surface area contributed by atoms with Crippen molar-refractivity contribution in [1.29, 1.82) is 0 Å². The molecule has 0 fully saturated rings. The van der Waals surface area contributed by atoms with Gasteiger partial charge in [0.15, 0.2) is 5.82 Å². The Labute approximate surface area is 191 Å². The van der Waals surface area contributed by atoms with Crippen molar-refractivity contribution in [3.8, 4) is 11.4 Å². The van der Waals surface area contributed by atoms with Gasteiger partial charge < -0.3 is 16.0 Å². The summed E-state index contributed by atoms with van der Waals surface area (Å²) in [4.78, 5) is 25.2. The van der Waals surface area contributed by atoms with Crippen molar-refractivity contribution in [1.82, 2.24) is 15.0 Å². The van der Waals surface area contributed by atoms with Crippen molar-refractivity contribution < 1.29 is 9.18 Å². The normalized spacial score (nSPS) is 13.5. The minimum Gasteiger partial charge on any atom is -0.366 e. The van der Waals surface area contributed by atoms with Crippen LogP contribution >= 0.6 is 0 Å². The highest BCUT2D eigenvalue weighted by atomic mass is 19.1. The minimum atomic E-state index is -0.478. The summed E-state index contributed by atoms with van der Waals surface area (Å²) < 4.78 is 13.7. The van der Waals surface area contributed by atoms with Gasteiger partial charge >= 0.3 is 0 Å². The number of aromatic amines is 1. The third-order valence-corrected chi connectivity index (χ3v) is 6.29. The van der Waals surface area contributed by atoms with E-state index in [-0.39, 0.29) is 5.82 Å². The van der Waals surface area contributed by atoms with Crippen LogP contribution in [0.15, 0.2) is 42.5 Å². The van der Waals surface area contributed by atoms with E-state index < -0.39 is 5.91 Å². The van der Waals surface area contributed by atoms with Crippen molar-refractivity contribution in [2.75, 3.05) is 5.32 Å². The number of benzene rings is 2. The van der Waals surface area contributed by atoms with Crippen molar-refractivity contribution >= 4 is 22.6 Å². The lowest BCUT2D eigenvalue weighted by Crippen LogP contribution is -2.11. The molecule has 2 aromatic heterocycles. The molecule has 0 unspecified atom stereocenters. The zero-order valence-corrected chi connectivity index (χ0v) is 18.5. The molecule has 4 aromatic rings. The first-order valence-electron chi connectivity index (χ1n) is 11.3. The maximum atomic E-state index is 13.7. The molecule has 0 spiro atoms. The molecule has 168 valence electrons. The Kier molecular flexibility index (Phi) is 5.54. The average Bonchev–Trinajstić information content (AvgIpc) is 2.96. The topological polar surface area (TPSA) is 96.7 Å². The molecule has 1 amide bonds. The number of carbonyl (C=O) groups is 1. The van der Waals surface area contributed by atoms with E-state index in [1.165, 1.54) is 12.1 Å². The fourth-order valence-corrected chi connectivity index (χ4v) is 4.70. The van der Waals surface area contributed by atoms with Gasteiger partial charge in [-0.1, -0.05) is 30.7 Å². The van der Waals surface area contributed by atoms with Gasteiger partial charge in [-0.05, 0) is 56.4 Å². The molecule has 6 nitrogen and oxygen atoms in total. The Morgan fingerprint density at radius 3 is 2.76 bits per heavy atom. The average molecular weight is 444 g/mol. The SMILES string of the molecule is Cc1[nH]c2c(C(N)=O)cccc2c1-c1nc2c(c(NCc3cccc(F)c3)n1)CCCCC2. The number of halogens is 1. The second-order valence-corrected chi connectivity index (χ2v) is 8.58. The summed E-state index contributed by atoms with van der Waals surface area (Å²) in [6.45, 7) is 2.42. The van der Waals surface area contributed by atoms with Gasteiger partial charge in [0.2, 0.25) is 0 Å². The summed E-state index contributed by atoms with van der Waals surface area (Å²) in [5.41, 5.74) is 11.5. The quantitative estimate of drug-likeness (QED) is 0.376. The molecule has 0 saturated heterocycles. The Hall–Kier alpha value is -3.74. The van der Waals surface area contributed by atoms with Crippen LogP contribution in [0.3, 0.4) is 0 Å². The number of aromatic nitrogens is 3. The molecule has 0 atom stereocenters. The Balaban J connectivity index is 1.62. The molecule has 4 N–H and O–H groups in total. The van der Waals surface area contributed by atoms with Gasteiger partial charge in [0.25, 0.3) is 5.91 Å². The molecular formula is C26H26FN5O. The Morgan fingerprint density at radius 2 is 1.94 bits per heavy atom. The monoisotopic (exact) mass is 443 g/mol. The fraction of sp³-hybridized carbons (Fsp3) is 0.269. The van der Waals surface area contributed by atoms with Gasteiger partial charge in [0.05, 0.1) is 11.1 Å². The first-order chi connectivity index (χ1) is 16.0. The predicted octanol–water partition coefficient (Wildman–Crippen LogP) is 5.05. The smallest absolute Gasteiger partial charge is 0.250 e. The van der Waals surface area contributed by atoms with Crippen molar-refractivity contribution in [3.05, 3.63) is 76.4 Å². The van der Waals surface area contributed by atoms with Gasteiger partial charge in [0.1, 0.15) is 11.6 Å². The highest BCUT2D eigenvalue weighted by Gasteiger charge is 2.22. The van der Waals surface area contributed by atoms with E-state index >= 15 is 0 Å². The lowest BCUT2D eigenvalue weighted by molar-refractivity contribution is 0.100. The molecule has 0 saturated carbocycles. The van der Waals surface area contributed by atoms with Crippen molar-refractivity contribution in [2.24, 2.45) is 5.73 Å². The first kappa shape index (κ1) is 21.1. The Morgan fingerprint density at radius 1 is 1.12 bits per heavy atom. The zero-order valence-electron chi connectivity index (χ0n) is 18.5. The van der Waals surface area contributed by atoms with Crippen LogP contribution in [0.1, 0.15) is 52.1 Å². The van der Waals surface area contributed by atoms with Crippen molar-refractivity contribution in [3.63, 3.8) is 0 Å². The number of nitrogens with one attached hydrogen (secondary N) is 2. The number of amides is 1. The summed E-state index contributed by atoms with van der Waals surface area (Å²) in [6.07, 6.45) is 5.15. The summed E-state index contributed by atoms with van der Waals surface area (Å²) in [5.74, 6) is 0.675. The lowest BCUT2D eigenvalue weighted by atomic mass is 10.0. The first-order valence-corrected chi connectivity index (χ1v) is 11.3. The summed E-state index contributed by atoms with van der Waals surface area (Å²) in [5, 5.41) is 4.31. The van der Waals surface area contributed by atoms with Gasteiger partial charge in [-0.3, -0.25) is 4.79 Å². The van der Waals surface area contributed by atoms with Crippen LogP contribution in [-0.2, 0) is 19.4 Å². The second kappa shape index (κ2) is 8.65. The van der Waals surface area contributed by atoms with Gasteiger partial charge in [0, 0.05) is 34.4 Å². The summed E-state index contributed by atoms with van der Waals surface area (Å²) in [7, 11) is 0. The van der Waals surface area contributed by atoms with E-state index in [2.05, 4.69) is 10.3 Å². The van der Waals surface area contributed by atoms with Gasteiger partial charge in [-0.15, -0.1) is 0 Å². The number of primary amides is 1. The maximum Gasteiger partial charge on any atom is 0.250 e. The van der Waals surface area contributed by atoms with E-state index in [4.69, 9.17) is 15.7 Å². The number of carbonyl (C=O) groups excluding carboxylic acids is 1. The number of nitrogens with zero attached hydrogens (tertiary/aromatic N) is 2. The number of fused-ring (bicyclic) bond motifs is 2. The van der Waals surface area contributed by atoms with E-state index in [0.717, 1.165) is 71.4 Å². The van der Waals surface area contributed by atoms with E-state index in [1.807, 2.05) is 25.1 Å². The van der Waals surface area contributed by atoms with Gasteiger partial charge in [-0.2, -0.15) is 0 Å². The molecule has 0 radical (unpaired) electrons. The molecular weight excluding hydrogens is 417 g/mol. The number of para-hydroxylation sites is 1. The van der Waals surface area contributed by atoms with Gasteiger partial charge in [-0.25, -0.2) is 14.4 Å². The lowest BCUT2D eigenvalue weighted by Gasteiger charge is -2.15. The molecule has 0 aliphatic heterocycles. The van der Waals surface area contributed by atoms with Crippen LogP contribution in [0.5, 0.6) is 0 Å². The standard InChI is InChI=1S/C26H26FN5O/c1-15-22(19-10-6-11-20(24(28)33)23(19)30-15)26-31-21-12-4-2-3-9-18(21)25(32-26)29-14-16-7-5-8-17(27)13-16/h5-8,10-11,13,30H,2-4,9,12,14H2,1H3,(H2,28,33)(H,29,31,32). The number of nitrogens with two attached hydrogens (primary N) is 1. The highest BCUT2D eigenvalue weighted by Crippen LogP contribution is 2.34. The zero-order chi connectivity index (χ0) is 22.9. The molecule has 33 heavy (non-hydrogen) atoms. The predicted molar refractivity (Wildman–Crippen MR) is 128 cm³/mol. The number of H-pyrrole nitrogens is 1. The molecule has 7 heteroatoms. The molecule has 1 aliphatic carbocycles. The largest absolute Gasteiger partial charge is 0.366 e. The molecule has 2 aromatic carbocycles. The van der Waals surface area contributed by atoms with E-state index in [9.17, 15) is 9.18 Å². The molecule has 0 bridgehead atoms. The highest BCUT2D eigenvalue weighted by molar-refractivity contribution is 6.09. The van der Waals surface area contributed by atoms with Crippen LogP contribution < -0.4 is 11.1 Å². The maximum absolute atomic E-state index is 13.7. The molecule has 1 aliphatic rings. The summed E-state index contributed by atoms with van der Waals surface area (Å²) in [6, 6.07) is 12.1. The van der Waals surface area contributed by atoms with Crippen LogP contribution in [0.2, 0.25) is 0 Å². The van der Waals surface area contributed by atoms with Crippen molar-refractivity contribution in [2.45, 2.75) is 45.6 Å². The fourth-order valence-electron chi connectivity index (χ4n) is 4.70. The minimum absolute atomic E-state index is 0.254. The summed E-state index contributed by atoms with van der Waals surface area (Å²) >= 11 is 0. The van der Waals surface area contributed by atoms with Crippen LogP contribution in [-0.4, -0.2) is 20.9 Å². The third-order valence-electron chi connectivity index (χ3n) is 6.29. The number of hydrogen-bond acceptors (Lipinski definition) is 4. The number of rotatable bonds is 5. The van der Waals surface area contributed by atoms with Crippen LogP contribution in [0.4, 0.5) is 10.2 Å².